The molecule has 4 aromatic heterocycles. The lowest BCUT2D eigenvalue weighted by molar-refractivity contribution is 0.0471. The zero-order valence-electron chi connectivity index (χ0n) is 28.7. The van der Waals surface area contributed by atoms with Gasteiger partial charge in [0.2, 0.25) is 0 Å². The number of pyridine rings is 2. The highest BCUT2D eigenvalue weighted by atomic mass is 16.5. The lowest BCUT2D eigenvalue weighted by Crippen LogP contribution is -2.51. The number of carbonyl (C=O) groups excluding carboxylic acids is 3. The maximum atomic E-state index is 14.0. The van der Waals surface area contributed by atoms with Crippen molar-refractivity contribution in [2.45, 2.75) is 50.9 Å². The average molecular weight is 689 g/mol. The summed E-state index contributed by atoms with van der Waals surface area (Å²) in [5, 5.41) is 1.04. The second-order valence-electron chi connectivity index (χ2n) is 14.5. The molecule has 6 heterocycles. The van der Waals surface area contributed by atoms with E-state index in [0.29, 0.717) is 60.4 Å². The fraction of sp³-hybridized carbons (Fsp3) is 0.421. The van der Waals surface area contributed by atoms with E-state index in [1.807, 2.05) is 29.3 Å². The summed E-state index contributed by atoms with van der Waals surface area (Å²) < 4.78 is 15.3. The number of amides is 2. The minimum Gasteiger partial charge on any atom is -0.494 e. The number of carbonyl (C=O) groups is 3. The van der Waals surface area contributed by atoms with Crippen LogP contribution in [0.15, 0.2) is 54.9 Å². The zero-order valence-corrected chi connectivity index (χ0v) is 28.7. The van der Waals surface area contributed by atoms with Crippen LogP contribution in [0.1, 0.15) is 56.9 Å². The SMILES string of the molecule is COC(=O)c1cc(C(=O)N2CC(Cn3c(-c4cc5cccnc5n4CC4CC4)nc4cc(C(=O)N5CC6CCC5[C@@H]6N)cc(OC)c43)C2)ccn1. The number of rotatable bonds is 9. The van der Waals surface area contributed by atoms with Crippen LogP contribution >= 0.6 is 0 Å². The minimum atomic E-state index is -0.588. The molecule has 2 unspecified atom stereocenters. The molecular weight excluding hydrogens is 648 g/mol. The normalized spacial score (nSPS) is 21.4. The van der Waals surface area contributed by atoms with E-state index in [1.54, 1.807) is 18.1 Å². The number of esters is 1. The Morgan fingerprint density at radius 1 is 0.863 bits per heavy atom. The molecular formula is C38H40N8O5. The summed E-state index contributed by atoms with van der Waals surface area (Å²) >= 11 is 0. The number of nitrogens with zero attached hydrogens (tertiary/aromatic N) is 7. The molecule has 2 aliphatic heterocycles. The van der Waals surface area contributed by atoms with Crippen LogP contribution in [0.5, 0.6) is 5.75 Å². The van der Waals surface area contributed by atoms with E-state index in [1.165, 1.54) is 32.2 Å². The number of aromatic nitrogens is 5. The number of nitrogens with two attached hydrogens (primary N) is 1. The average Bonchev–Trinajstić information content (AvgIpc) is 3.50. The Balaban J connectivity index is 1.09. The lowest BCUT2D eigenvalue weighted by Gasteiger charge is -2.39. The molecule has 51 heavy (non-hydrogen) atoms. The minimum absolute atomic E-state index is 0.0229. The molecule has 9 rings (SSSR count). The van der Waals surface area contributed by atoms with Gasteiger partial charge in [0.1, 0.15) is 22.6 Å². The molecule has 13 nitrogen and oxygen atoms in total. The van der Waals surface area contributed by atoms with Crippen LogP contribution in [-0.4, -0.2) is 97.6 Å². The van der Waals surface area contributed by atoms with Crippen LogP contribution < -0.4 is 10.5 Å². The van der Waals surface area contributed by atoms with E-state index >= 15 is 0 Å². The lowest BCUT2D eigenvalue weighted by atomic mass is 9.98. The van der Waals surface area contributed by atoms with Gasteiger partial charge in [-0.2, -0.15) is 0 Å². The van der Waals surface area contributed by atoms with Crippen molar-refractivity contribution in [1.82, 2.24) is 33.9 Å². The molecule has 13 heteroatoms. The smallest absolute Gasteiger partial charge is 0.356 e. The van der Waals surface area contributed by atoms with E-state index in [-0.39, 0.29) is 35.5 Å². The van der Waals surface area contributed by atoms with Gasteiger partial charge in [-0.05, 0) is 80.0 Å². The van der Waals surface area contributed by atoms with Gasteiger partial charge in [0.25, 0.3) is 11.8 Å². The van der Waals surface area contributed by atoms with E-state index in [4.69, 9.17) is 25.2 Å². The third kappa shape index (κ3) is 5.33. The molecule has 4 aliphatic rings. The molecule has 2 saturated carbocycles. The van der Waals surface area contributed by atoms with Crippen LogP contribution in [0.4, 0.5) is 0 Å². The van der Waals surface area contributed by atoms with Gasteiger partial charge >= 0.3 is 5.97 Å². The van der Waals surface area contributed by atoms with Crippen LogP contribution in [0.2, 0.25) is 0 Å². The first-order chi connectivity index (χ1) is 24.8. The highest BCUT2D eigenvalue weighted by Crippen LogP contribution is 2.41. The van der Waals surface area contributed by atoms with Crippen LogP contribution in [0.3, 0.4) is 0 Å². The summed E-state index contributed by atoms with van der Waals surface area (Å²) in [6, 6.07) is 13.1. The first kappa shape index (κ1) is 31.7. The van der Waals surface area contributed by atoms with Crippen molar-refractivity contribution in [3.8, 4) is 17.3 Å². The third-order valence-corrected chi connectivity index (χ3v) is 11.3. The van der Waals surface area contributed by atoms with Gasteiger partial charge in [0, 0.05) is 79.6 Å². The Morgan fingerprint density at radius 2 is 1.69 bits per heavy atom. The monoisotopic (exact) mass is 688 g/mol. The van der Waals surface area contributed by atoms with Crippen LogP contribution in [0, 0.1) is 17.8 Å². The van der Waals surface area contributed by atoms with Crippen molar-refractivity contribution in [2.24, 2.45) is 23.5 Å². The number of hydrogen-bond acceptors (Lipinski definition) is 9. The molecule has 0 radical (unpaired) electrons. The second-order valence-corrected chi connectivity index (χ2v) is 14.5. The predicted molar refractivity (Wildman–Crippen MR) is 188 cm³/mol. The van der Waals surface area contributed by atoms with Crippen molar-refractivity contribution in [2.75, 3.05) is 33.9 Å². The Kier molecular flexibility index (Phi) is 7.57. The number of fused-ring (bicyclic) bond motifs is 4. The highest BCUT2D eigenvalue weighted by Gasteiger charge is 2.47. The molecule has 1 aromatic carbocycles. The van der Waals surface area contributed by atoms with Gasteiger partial charge in [0.05, 0.1) is 25.4 Å². The van der Waals surface area contributed by atoms with Crippen molar-refractivity contribution >= 4 is 39.9 Å². The number of benzene rings is 1. The highest BCUT2D eigenvalue weighted by molar-refractivity contribution is 6.01. The van der Waals surface area contributed by atoms with E-state index in [9.17, 15) is 14.4 Å². The van der Waals surface area contributed by atoms with Crippen LogP contribution in [0.25, 0.3) is 33.6 Å². The summed E-state index contributed by atoms with van der Waals surface area (Å²) in [6.07, 6.45) is 7.65. The fourth-order valence-electron chi connectivity index (χ4n) is 8.42. The molecule has 262 valence electrons. The summed E-state index contributed by atoms with van der Waals surface area (Å²) in [4.78, 5) is 57.2. The Labute approximate surface area is 294 Å². The summed E-state index contributed by atoms with van der Waals surface area (Å²) in [5.74, 6) is 1.62. The molecule has 2 aliphatic carbocycles. The van der Waals surface area contributed by atoms with Gasteiger partial charge in [0.15, 0.2) is 5.82 Å². The number of likely N-dealkylation sites (tertiary alicyclic amines) is 2. The van der Waals surface area contributed by atoms with Crippen molar-refractivity contribution in [3.05, 3.63) is 71.7 Å². The Hall–Kier alpha value is -5.30. The van der Waals surface area contributed by atoms with E-state index in [2.05, 4.69) is 26.3 Å². The molecule has 4 fully saturated rings. The molecule has 0 spiro atoms. The number of imidazole rings is 1. The first-order valence-electron chi connectivity index (χ1n) is 17.7. The molecule has 2 N–H and O–H groups in total. The largest absolute Gasteiger partial charge is 0.494 e. The van der Waals surface area contributed by atoms with Gasteiger partial charge in [-0.3, -0.25) is 9.59 Å². The standard InChI is InChI=1S/C38H40N8O5/c1-50-31-15-26(37(48)45-20-25-7-8-29(45)32(25)39)13-27-33(31)46(19-22-16-43(17-22)36(47)24-9-11-40-28(12-24)38(49)51-2)35(42-27)30-14-23-4-3-10-41-34(23)44(30)18-21-5-6-21/h3-4,9-15,21-22,25,29,32H,5-8,16-20,39H2,1-2H3/t25?,29?,32-/m1/s1. The third-order valence-electron chi connectivity index (χ3n) is 11.3. The molecule has 5 aromatic rings. The maximum absolute atomic E-state index is 14.0. The number of hydrogen-bond donors (Lipinski definition) is 1. The second kappa shape index (κ2) is 12.2. The van der Waals surface area contributed by atoms with Crippen molar-refractivity contribution < 1.29 is 23.9 Å². The molecule has 2 bridgehead atoms. The van der Waals surface area contributed by atoms with Crippen molar-refractivity contribution in [3.63, 3.8) is 0 Å². The van der Waals surface area contributed by atoms with Gasteiger partial charge in [-0.1, -0.05) is 0 Å². The number of methoxy groups -OCH3 is 2. The summed E-state index contributed by atoms with van der Waals surface area (Å²) in [5.41, 5.74) is 10.9. The Morgan fingerprint density at radius 3 is 2.41 bits per heavy atom. The zero-order chi connectivity index (χ0) is 35.0. The topological polar surface area (TPSA) is 151 Å². The van der Waals surface area contributed by atoms with Crippen LogP contribution in [-0.2, 0) is 17.8 Å². The number of piperidine rings is 1. The van der Waals surface area contributed by atoms with Gasteiger partial charge < -0.3 is 34.1 Å². The maximum Gasteiger partial charge on any atom is 0.356 e. The van der Waals surface area contributed by atoms with Gasteiger partial charge in [-0.25, -0.2) is 19.7 Å². The molecule has 2 saturated heterocycles. The molecule has 2 amide bonds. The molecule has 3 atom stereocenters. The van der Waals surface area contributed by atoms with Gasteiger partial charge in [-0.15, -0.1) is 0 Å². The summed E-state index contributed by atoms with van der Waals surface area (Å²) in [7, 11) is 2.91. The number of ether oxygens (including phenoxy) is 2. The summed E-state index contributed by atoms with van der Waals surface area (Å²) in [6.45, 7) is 3.16. The first-order valence-corrected chi connectivity index (χ1v) is 17.7. The van der Waals surface area contributed by atoms with Crippen molar-refractivity contribution in [1.29, 1.82) is 0 Å². The fourth-order valence-corrected chi connectivity index (χ4v) is 8.42. The Bertz CT molecular complexity index is 2220. The predicted octanol–water partition coefficient (Wildman–Crippen LogP) is 3.99. The van der Waals surface area contributed by atoms with E-state index in [0.717, 1.165) is 47.5 Å². The quantitative estimate of drug-likeness (QED) is 0.227. The van der Waals surface area contributed by atoms with E-state index < -0.39 is 5.97 Å².